The van der Waals surface area contributed by atoms with E-state index in [2.05, 4.69) is 4.98 Å². The molecule has 0 spiro atoms. The van der Waals surface area contributed by atoms with Gasteiger partial charge in [0.2, 0.25) is 5.88 Å². The molecule has 1 fully saturated rings. The number of hydrogen-bond acceptors (Lipinski definition) is 5. The van der Waals surface area contributed by atoms with Crippen LogP contribution in [0, 0.1) is 0 Å². The van der Waals surface area contributed by atoms with Gasteiger partial charge in [0.25, 0.3) is 5.91 Å². The Morgan fingerprint density at radius 2 is 1.85 bits per heavy atom. The molecule has 1 aromatic carbocycles. The Kier molecular flexibility index (Phi) is 5.33. The second-order valence-corrected chi connectivity index (χ2v) is 8.75. The van der Waals surface area contributed by atoms with Crippen LogP contribution in [-0.2, 0) is 13.1 Å². The fraction of sp³-hybridized carbons (Fsp3) is 0.308. The van der Waals surface area contributed by atoms with Crippen LogP contribution in [0.25, 0.3) is 22.5 Å². The summed E-state index contributed by atoms with van der Waals surface area (Å²) in [4.78, 5) is 20.2. The Labute approximate surface area is 197 Å². The number of aryl methyl sites for hydroxylation is 1. The number of pyridine rings is 1. The minimum Gasteiger partial charge on any atom is -0.477 e. The zero-order chi connectivity index (χ0) is 22.9. The average Bonchev–Trinajstić information content (AvgIpc) is 3.63. The molecule has 172 valence electrons. The van der Waals surface area contributed by atoms with E-state index in [4.69, 9.17) is 14.9 Å². The van der Waals surface area contributed by atoms with Gasteiger partial charge in [-0.2, -0.15) is 10.2 Å². The molecule has 1 saturated heterocycles. The van der Waals surface area contributed by atoms with Gasteiger partial charge in [-0.05, 0) is 36.6 Å². The summed E-state index contributed by atoms with van der Waals surface area (Å²) in [6, 6.07) is 17.8. The minimum atomic E-state index is -0.0380. The van der Waals surface area contributed by atoms with Gasteiger partial charge in [0.05, 0.1) is 30.5 Å². The van der Waals surface area contributed by atoms with E-state index >= 15 is 0 Å². The highest BCUT2D eigenvalue weighted by atomic mass is 16.5. The number of benzene rings is 1. The van der Waals surface area contributed by atoms with Crippen LogP contribution >= 0.6 is 0 Å². The van der Waals surface area contributed by atoms with Crippen LogP contribution < -0.4 is 4.74 Å². The molecule has 0 saturated carbocycles. The quantitative estimate of drug-likeness (QED) is 0.457. The van der Waals surface area contributed by atoms with Crippen molar-refractivity contribution in [1.82, 2.24) is 29.4 Å². The third kappa shape index (κ3) is 3.75. The first kappa shape index (κ1) is 20.7. The third-order valence-electron chi connectivity index (χ3n) is 6.53. The molecule has 0 bridgehead atoms. The van der Waals surface area contributed by atoms with E-state index in [1.807, 2.05) is 75.1 Å². The van der Waals surface area contributed by atoms with Crippen molar-refractivity contribution in [2.75, 3.05) is 13.2 Å². The van der Waals surface area contributed by atoms with Gasteiger partial charge in [0, 0.05) is 31.9 Å². The van der Waals surface area contributed by atoms with Gasteiger partial charge < -0.3 is 9.64 Å². The summed E-state index contributed by atoms with van der Waals surface area (Å²) in [6.45, 7) is 2.76. The first-order valence-electron chi connectivity index (χ1n) is 11.8. The lowest BCUT2D eigenvalue weighted by Crippen LogP contribution is -2.38. The van der Waals surface area contributed by atoms with E-state index in [1.54, 1.807) is 6.20 Å². The van der Waals surface area contributed by atoms with Crippen LogP contribution in [-0.4, -0.2) is 54.5 Å². The van der Waals surface area contributed by atoms with Crippen LogP contribution in [0.15, 0.2) is 67.0 Å². The number of carbonyl (C=O) groups excluding carboxylic acids is 1. The summed E-state index contributed by atoms with van der Waals surface area (Å²) in [6.07, 6.45) is 6.53. The number of nitrogens with zero attached hydrogens (tertiary/aromatic N) is 6. The van der Waals surface area contributed by atoms with Crippen LogP contribution in [0.2, 0.25) is 0 Å². The number of rotatable bonds is 5. The number of amides is 1. The molecule has 8 nitrogen and oxygen atoms in total. The van der Waals surface area contributed by atoms with E-state index in [0.717, 1.165) is 54.9 Å². The summed E-state index contributed by atoms with van der Waals surface area (Å²) in [7, 11) is 0. The first-order chi connectivity index (χ1) is 16.8. The van der Waals surface area contributed by atoms with Crippen molar-refractivity contribution in [2.45, 2.75) is 38.4 Å². The summed E-state index contributed by atoms with van der Waals surface area (Å²) >= 11 is 0. The monoisotopic (exact) mass is 454 g/mol. The van der Waals surface area contributed by atoms with E-state index in [1.165, 1.54) is 0 Å². The van der Waals surface area contributed by atoms with E-state index in [0.29, 0.717) is 24.7 Å². The molecule has 0 N–H and O–H groups in total. The number of hydrogen-bond donors (Lipinski definition) is 0. The van der Waals surface area contributed by atoms with Crippen LogP contribution in [0.5, 0.6) is 5.88 Å². The third-order valence-corrected chi connectivity index (χ3v) is 6.53. The number of likely N-dealkylation sites (tertiary alicyclic amines) is 1. The molecular formula is C26H26N6O2. The average molecular weight is 455 g/mol. The Morgan fingerprint density at radius 1 is 0.971 bits per heavy atom. The Hall–Kier alpha value is -3.94. The van der Waals surface area contributed by atoms with Crippen molar-refractivity contribution in [3.63, 3.8) is 0 Å². The lowest BCUT2D eigenvalue weighted by atomic mass is 10.0. The molecule has 1 atom stereocenters. The van der Waals surface area contributed by atoms with Gasteiger partial charge in [-0.25, -0.2) is 4.68 Å². The van der Waals surface area contributed by atoms with Crippen LogP contribution in [0.4, 0.5) is 0 Å². The highest BCUT2D eigenvalue weighted by molar-refractivity contribution is 6.00. The molecule has 0 aliphatic carbocycles. The fourth-order valence-corrected chi connectivity index (χ4v) is 4.90. The molecular weight excluding hydrogens is 428 g/mol. The topological polar surface area (TPSA) is 78.1 Å². The summed E-state index contributed by atoms with van der Waals surface area (Å²) in [5.41, 5.74) is 3.91. The van der Waals surface area contributed by atoms with Crippen molar-refractivity contribution in [3.8, 4) is 28.4 Å². The molecule has 5 heterocycles. The molecule has 4 aromatic rings. The smallest absolute Gasteiger partial charge is 0.275 e. The van der Waals surface area contributed by atoms with Gasteiger partial charge in [0.15, 0.2) is 5.69 Å². The molecule has 8 heteroatoms. The Balaban J connectivity index is 1.28. The normalized spacial score (nSPS) is 17.4. The maximum absolute atomic E-state index is 13.8. The number of fused-ring (bicyclic) bond motifs is 1. The van der Waals surface area contributed by atoms with Crippen molar-refractivity contribution in [2.24, 2.45) is 0 Å². The SMILES string of the molecule is O=C(c1nn2c(c1-c1ccccc1)OCCC2)N1CCC[C@H]1Cn1ccc(-c2ccccn2)n1. The molecule has 6 rings (SSSR count). The number of ether oxygens (including phenoxy) is 1. The molecule has 34 heavy (non-hydrogen) atoms. The minimum absolute atomic E-state index is 0.0380. The molecule has 3 aromatic heterocycles. The Bertz CT molecular complexity index is 1300. The largest absolute Gasteiger partial charge is 0.477 e. The maximum Gasteiger partial charge on any atom is 0.275 e. The highest BCUT2D eigenvalue weighted by Crippen LogP contribution is 2.37. The summed E-state index contributed by atoms with van der Waals surface area (Å²) in [5, 5.41) is 9.43. The molecule has 2 aliphatic heterocycles. The van der Waals surface area contributed by atoms with E-state index in [-0.39, 0.29) is 11.9 Å². The van der Waals surface area contributed by atoms with Crippen molar-refractivity contribution in [3.05, 3.63) is 72.7 Å². The lowest BCUT2D eigenvalue weighted by Gasteiger charge is -2.24. The van der Waals surface area contributed by atoms with Gasteiger partial charge in [0.1, 0.15) is 5.69 Å². The van der Waals surface area contributed by atoms with Crippen molar-refractivity contribution in [1.29, 1.82) is 0 Å². The lowest BCUT2D eigenvalue weighted by molar-refractivity contribution is 0.0715. The standard InChI is InChI=1S/C26H26N6O2/c33-25(24-23(19-8-2-1-3-9-19)26-32(29-24)15-7-17-34-26)31-14-6-10-20(31)18-30-16-12-22(28-30)21-11-4-5-13-27-21/h1-5,8-9,11-13,16,20H,6-7,10,14-15,17-18H2/t20-/m0/s1. The second-order valence-electron chi connectivity index (χ2n) is 8.75. The highest BCUT2D eigenvalue weighted by Gasteiger charge is 2.35. The summed E-state index contributed by atoms with van der Waals surface area (Å²) in [5.74, 6) is 0.660. The summed E-state index contributed by atoms with van der Waals surface area (Å²) < 4.78 is 9.74. The Morgan fingerprint density at radius 3 is 2.71 bits per heavy atom. The van der Waals surface area contributed by atoms with Crippen LogP contribution in [0.1, 0.15) is 29.8 Å². The van der Waals surface area contributed by atoms with E-state index in [9.17, 15) is 4.79 Å². The molecule has 1 amide bonds. The van der Waals surface area contributed by atoms with E-state index < -0.39 is 0 Å². The fourth-order valence-electron chi connectivity index (χ4n) is 4.90. The molecule has 0 radical (unpaired) electrons. The zero-order valence-electron chi connectivity index (χ0n) is 18.9. The first-order valence-corrected chi connectivity index (χ1v) is 11.8. The number of carbonyl (C=O) groups is 1. The van der Waals surface area contributed by atoms with Gasteiger partial charge in [-0.3, -0.25) is 14.5 Å². The van der Waals surface area contributed by atoms with Gasteiger partial charge >= 0.3 is 0 Å². The predicted octanol–water partition coefficient (Wildman–Crippen LogP) is 3.90. The van der Waals surface area contributed by atoms with Crippen molar-refractivity contribution >= 4 is 5.91 Å². The predicted molar refractivity (Wildman–Crippen MR) is 127 cm³/mol. The zero-order valence-corrected chi connectivity index (χ0v) is 18.9. The number of aromatic nitrogens is 5. The van der Waals surface area contributed by atoms with Gasteiger partial charge in [-0.1, -0.05) is 36.4 Å². The molecule has 0 unspecified atom stereocenters. The molecule has 2 aliphatic rings. The van der Waals surface area contributed by atoms with Crippen LogP contribution in [0.3, 0.4) is 0 Å². The second kappa shape index (κ2) is 8.78. The van der Waals surface area contributed by atoms with Crippen molar-refractivity contribution < 1.29 is 9.53 Å². The van der Waals surface area contributed by atoms with Gasteiger partial charge in [-0.15, -0.1) is 0 Å². The maximum atomic E-state index is 13.8.